The lowest BCUT2D eigenvalue weighted by Crippen LogP contribution is -2.29. The number of anilines is 3. The van der Waals surface area contributed by atoms with Crippen molar-refractivity contribution in [1.82, 2.24) is 4.98 Å². The molecule has 4 aromatic rings. The molecule has 0 unspecified atom stereocenters. The predicted molar refractivity (Wildman–Crippen MR) is 122 cm³/mol. The van der Waals surface area contributed by atoms with Gasteiger partial charge in [0.15, 0.2) is 5.13 Å². The van der Waals surface area contributed by atoms with E-state index in [9.17, 15) is 8.42 Å². The van der Waals surface area contributed by atoms with E-state index in [1.54, 1.807) is 35.6 Å². The van der Waals surface area contributed by atoms with Gasteiger partial charge in [-0.05, 0) is 48.4 Å². The lowest BCUT2D eigenvalue weighted by atomic mass is 10.1. The van der Waals surface area contributed by atoms with Crippen molar-refractivity contribution in [1.29, 1.82) is 0 Å². The van der Waals surface area contributed by atoms with E-state index < -0.39 is 10.0 Å². The van der Waals surface area contributed by atoms with E-state index in [0.29, 0.717) is 17.9 Å². The Morgan fingerprint density at radius 1 is 0.933 bits per heavy atom. The maximum Gasteiger partial charge on any atom is 0.264 e. The molecule has 1 aliphatic heterocycles. The van der Waals surface area contributed by atoms with Crippen LogP contribution in [0, 0.1) is 0 Å². The lowest BCUT2D eigenvalue weighted by Gasteiger charge is -2.19. The molecular formula is C23H19N3O2S2. The Kier molecular flexibility index (Phi) is 4.77. The number of hydrogen-bond acceptors (Lipinski definition) is 5. The highest BCUT2D eigenvalue weighted by atomic mass is 32.2. The summed E-state index contributed by atoms with van der Waals surface area (Å²) >= 11 is 1.55. The molecule has 30 heavy (non-hydrogen) atoms. The number of aromatic nitrogens is 1. The zero-order chi connectivity index (χ0) is 20.6. The molecular weight excluding hydrogens is 414 g/mol. The molecule has 0 saturated carbocycles. The summed E-state index contributed by atoms with van der Waals surface area (Å²) in [6.07, 6.45) is 0.689. The SMILES string of the molecule is O=S(=O)(c1ccccc1)N1CCc2cc(-c3csc(Nc4ccccc4)n3)ccc21. The first kappa shape index (κ1) is 18.8. The number of hydrogen-bond donors (Lipinski definition) is 1. The van der Waals surface area contributed by atoms with Crippen molar-refractivity contribution in [2.75, 3.05) is 16.2 Å². The van der Waals surface area contributed by atoms with Crippen molar-refractivity contribution in [3.63, 3.8) is 0 Å². The summed E-state index contributed by atoms with van der Waals surface area (Å²) in [7, 11) is -3.55. The van der Waals surface area contributed by atoms with E-state index in [1.807, 2.05) is 53.9 Å². The fourth-order valence-electron chi connectivity index (χ4n) is 3.61. The number of nitrogens with zero attached hydrogens (tertiary/aromatic N) is 2. The van der Waals surface area contributed by atoms with Crippen LogP contribution in [-0.2, 0) is 16.4 Å². The number of benzene rings is 3. The molecule has 0 spiro atoms. The van der Waals surface area contributed by atoms with E-state index in [0.717, 1.165) is 33.3 Å². The summed E-state index contributed by atoms with van der Waals surface area (Å²) in [6, 6.07) is 24.4. The highest BCUT2D eigenvalue weighted by Crippen LogP contribution is 2.36. The van der Waals surface area contributed by atoms with E-state index in [4.69, 9.17) is 4.98 Å². The molecule has 0 amide bonds. The van der Waals surface area contributed by atoms with E-state index >= 15 is 0 Å². The minimum Gasteiger partial charge on any atom is -0.332 e. The Hall–Kier alpha value is -3.16. The summed E-state index contributed by atoms with van der Waals surface area (Å²) in [6.45, 7) is 0.452. The third-order valence-corrected chi connectivity index (χ3v) is 7.67. The Labute approximate surface area is 179 Å². The molecule has 5 rings (SSSR count). The highest BCUT2D eigenvalue weighted by Gasteiger charge is 2.30. The minimum atomic E-state index is -3.55. The average Bonchev–Trinajstić information content (AvgIpc) is 3.42. The summed E-state index contributed by atoms with van der Waals surface area (Å²) < 4.78 is 27.6. The Morgan fingerprint density at radius 3 is 2.43 bits per heavy atom. The topological polar surface area (TPSA) is 62.3 Å². The monoisotopic (exact) mass is 433 g/mol. The van der Waals surface area contributed by atoms with Crippen LogP contribution in [0.3, 0.4) is 0 Å². The van der Waals surface area contributed by atoms with Crippen molar-refractivity contribution >= 4 is 37.9 Å². The van der Waals surface area contributed by atoms with Gasteiger partial charge in [-0.25, -0.2) is 13.4 Å². The van der Waals surface area contributed by atoms with Crippen LogP contribution in [0.4, 0.5) is 16.5 Å². The van der Waals surface area contributed by atoms with E-state index in [2.05, 4.69) is 11.4 Å². The Bertz CT molecular complexity index is 1290. The molecule has 5 nitrogen and oxygen atoms in total. The van der Waals surface area contributed by atoms with Crippen molar-refractivity contribution in [2.45, 2.75) is 11.3 Å². The van der Waals surface area contributed by atoms with Crippen LogP contribution < -0.4 is 9.62 Å². The van der Waals surface area contributed by atoms with E-state index in [-0.39, 0.29) is 0 Å². The molecule has 150 valence electrons. The number of nitrogens with one attached hydrogen (secondary N) is 1. The average molecular weight is 434 g/mol. The zero-order valence-corrected chi connectivity index (χ0v) is 17.7. The van der Waals surface area contributed by atoms with Crippen LogP contribution in [0.15, 0.2) is 89.1 Å². The summed E-state index contributed by atoms with van der Waals surface area (Å²) in [5.74, 6) is 0. The second kappa shape index (κ2) is 7.59. The first-order chi connectivity index (χ1) is 14.6. The van der Waals surface area contributed by atoms with Gasteiger partial charge in [-0.3, -0.25) is 4.31 Å². The Morgan fingerprint density at radius 2 is 1.67 bits per heavy atom. The molecule has 0 saturated heterocycles. The lowest BCUT2D eigenvalue weighted by molar-refractivity contribution is 0.592. The normalized spacial score (nSPS) is 13.3. The fraction of sp³-hybridized carbons (Fsp3) is 0.0870. The second-order valence-corrected chi connectivity index (χ2v) is 9.73. The molecule has 0 bridgehead atoms. The molecule has 0 radical (unpaired) electrons. The molecule has 0 aliphatic carbocycles. The van der Waals surface area contributed by atoms with Gasteiger partial charge >= 0.3 is 0 Å². The third-order valence-electron chi connectivity index (χ3n) is 5.09. The van der Waals surface area contributed by atoms with Crippen LogP contribution in [0.25, 0.3) is 11.3 Å². The molecule has 1 aromatic heterocycles. The molecule has 0 fully saturated rings. The van der Waals surface area contributed by atoms with Gasteiger partial charge in [0, 0.05) is 23.2 Å². The van der Waals surface area contributed by atoms with Crippen molar-refractivity contribution < 1.29 is 8.42 Å². The largest absolute Gasteiger partial charge is 0.332 e. The van der Waals surface area contributed by atoms with Gasteiger partial charge in [0.25, 0.3) is 10.0 Å². The number of sulfonamides is 1. The maximum atomic E-state index is 13.0. The van der Waals surface area contributed by atoms with Crippen molar-refractivity contribution in [3.8, 4) is 11.3 Å². The quantitative estimate of drug-likeness (QED) is 0.464. The molecule has 1 aliphatic rings. The standard InChI is InChI=1S/C23H19N3O2S2/c27-30(28,20-9-5-2-6-10-20)26-14-13-18-15-17(11-12-22(18)26)21-16-29-23(25-21)24-19-7-3-1-4-8-19/h1-12,15-16H,13-14H2,(H,24,25). The number of rotatable bonds is 5. The van der Waals surface area contributed by atoms with E-state index in [1.165, 1.54) is 4.31 Å². The van der Waals surface area contributed by atoms with Gasteiger partial charge in [-0.1, -0.05) is 42.5 Å². The molecule has 7 heteroatoms. The second-order valence-electron chi connectivity index (χ2n) is 7.01. The summed E-state index contributed by atoms with van der Waals surface area (Å²) in [4.78, 5) is 5.01. The molecule has 1 N–H and O–H groups in total. The van der Waals surface area contributed by atoms with Gasteiger partial charge in [0.1, 0.15) is 0 Å². The number of fused-ring (bicyclic) bond motifs is 1. The number of para-hydroxylation sites is 1. The molecule has 0 atom stereocenters. The van der Waals surface area contributed by atoms with Crippen LogP contribution in [-0.4, -0.2) is 19.9 Å². The van der Waals surface area contributed by atoms with Crippen LogP contribution in [0.1, 0.15) is 5.56 Å². The first-order valence-electron chi connectivity index (χ1n) is 9.60. The first-order valence-corrected chi connectivity index (χ1v) is 11.9. The van der Waals surface area contributed by atoms with Gasteiger partial charge < -0.3 is 5.32 Å². The van der Waals surface area contributed by atoms with Crippen molar-refractivity contribution in [3.05, 3.63) is 89.8 Å². The number of thiazole rings is 1. The smallest absolute Gasteiger partial charge is 0.264 e. The summed E-state index contributed by atoms with van der Waals surface area (Å²) in [5, 5.41) is 6.15. The van der Waals surface area contributed by atoms with Crippen LogP contribution >= 0.6 is 11.3 Å². The zero-order valence-electron chi connectivity index (χ0n) is 16.0. The molecule has 2 heterocycles. The Balaban J connectivity index is 1.41. The van der Waals surface area contributed by atoms with Gasteiger partial charge in [-0.2, -0.15) is 0 Å². The fourth-order valence-corrected chi connectivity index (χ4v) is 5.87. The summed E-state index contributed by atoms with van der Waals surface area (Å²) in [5.41, 5.74) is 4.64. The van der Waals surface area contributed by atoms with Crippen molar-refractivity contribution in [2.24, 2.45) is 0 Å². The van der Waals surface area contributed by atoms with Crippen LogP contribution in [0.2, 0.25) is 0 Å². The van der Waals surface area contributed by atoms with Crippen LogP contribution in [0.5, 0.6) is 0 Å². The predicted octanol–water partition coefficient (Wildman–Crippen LogP) is 5.31. The van der Waals surface area contributed by atoms with Gasteiger partial charge in [0.2, 0.25) is 0 Å². The third kappa shape index (κ3) is 3.46. The van der Waals surface area contributed by atoms with Gasteiger partial charge in [-0.15, -0.1) is 11.3 Å². The van der Waals surface area contributed by atoms with Gasteiger partial charge in [0.05, 0.1) is 16.3 Å². The molecule has 3 aromatic carbocycles. The highest BCUT2D eigenvalue weighted by molar-refractivity contribution is 7.92. The maximum absolute atomic E-state index is 13.0. The minimum absolute atomic E-state index is 0.318.